The number of hydrogen-bond acceptors (Lipinski definition) is 4. The fraction of sp³-hybridized carbons (Fsp3) is 0.182. The minimum Gasteiger partial charge on any atom is -0.348 e. The number of fused-ring (bicyclic) bond motifs is 1. The van der Waals surface area contributed by atoms with Gasteiger partial charge < -0.3 is 10.2 Å². The number of nitrogens with zero attached hydrogens (tertiary/aromatic N) is 3. The van der Waals surface area contributed by atoms with Crippen molar-refractivity contribution in [2.45, 2.75) is 13.0 Å². The van der Waals surface area contributed by atoms with Gasteiger partial charge in [0, 0.05) is 19.8 Å². The number of imidazole rings is 1. The van der Waals surface area contributed by atoms with Crippen LogP contribution in [-0.4, -0.2) is 29.6 Å². The van der Waals surface area contributed by atoms with Crippen molar-refractivity contribution in [3.63, 3.8) is 0 Å². The van der Waals surface area contributed by atoms with Gasteiger partial charge in [0.15, 0.2) is 0 Å². The van der Waals surface area contributed by atoms with Crippen molar-refractivity contribution >= 4 is 33.5 Å². The molecule has 0 aliphatic heterocycles. The van der Waals surface area contributed by atoms with Gasteiger partial charge in [0.25, 0.3) is 5.91 Å². The van der Waals surface area contributed by atoms with Crippen molar-refractivity contribution < 1.29 is 4.79 Å². The third kappa shape index (κ3) is 3.39. The molecular weight excluding hydrogens is 368 g/mol. The molecule has 0 saturated heterocycles. The number of thiophene rings is 1. The molecule has 0 spiro atoms. The highest BCUT2D eigenvalue weighted by Gasteiger charge is 2.20. The maximum Gasteiger partial charge on any atom is 0.261 e. The third-order valence-electron chi connectivity index (χ3n) is 4.60. The molecule has 1 amide bonds. The molecule has 2 aromatic heterocycles. The van der Waals surface area contributed by atoms with E-state index in [1.807, 2.05) is 92.6 Å². The molecule has 2 aromatic carbocycles. The van der Waals surface area contributed by atoms with Crippen LogP contribution in [0.4, 0.5) is 5.95 Å². The highest BCUT2D eigenvalue weighted by molar-refractivity contribution is 7.20. The molecule has 1 atom stereocenters. The molecule has 28 heavy (non-hydrogen) atoms. The highest BCUT2D eigenvalue weighted by atomic mass is 32.1. The Bertz CT molecular complexity index is 1100. The first-order valence-corrected chi connectivity index (χ1v) is 9.97. The summed E-state index contributed by atoms with van der Waals surface area (Å²) in [5.41, 5.74) is 2.94. The van der Waals surface area contributed by atoms with Crippen LogP contribution in [-0.2, 0) is 0 Å². The van der Waals surface area contributed by atoms with Crippen LogP contribution in [0.1, 0.15) is 28.2 Å². The van der Waals surface area contributed by atoms with Crippen LogP contribution in [0.3, 0.4) is 0 Å². The Hall–Kier alpha value is -3.12. The zero-order chi connectivity index (χ0) is 19.7. The van der Waals surface area contributed by atoms with E-state index in [4.69, 9.17) is 4.98 Å². The Labute approximate surface area is 168 Å². The first kappa shape index (κ1) is 18.3. The summed E-state index contributed by atoms with van der Waals surface area (Å²) in [5, 5.41) is 3.08. The second kappa shape index (κ2) is 7.48. The Balaban J connectivity index is 1.68. The van der Waals surface area contributed by atoms with E-state index in [2.05, 4.69) is 9.88 Å². The Morgan fingerprint density at radius 3 is 2.36 bits per heavy atom. The van der Waals surface area contributed by atoms with Gasteiger partial charge in [-0.2, -0.15) is 0 Å². The zero-order valence-corrected chi connectivity index (χ0v) is 16.9. The summed E-state index contributed by atoms with van der Waals surface area (Å²) in [5.74, 6) is 0.766. The zero-order valence-electron chi connectivity index (χ0n) is 16.1. The second-order valence-corrected chi connectivity index (χ2v) is 7.91. The minimum absolute atomic E-state index is 0.0586. The number of para-hydroxylation sites is 1. The topological polar surface area (TPSA) is 50.2 Å². The van der Waals surface area contributed by atoms with Gasteiger partial charge in [-0.15, -0.1) is 11.3 Å². The normalized spacial score (nSPS) is 12.1. The molecule has 0 bridgehead atoms. The van der Waals surface area contributed by atoms with Gasteiger partial charge >= 0.3 is 0 Å². The summed E-state index contributed by atoms with van der Waals surface area (Å²) >= 11 is 1.46. The van der Waals surface area contributed by atoms with Crippen molar-refractivity contribution in [3.05, 3.63) is 77.2 Å². The predicted molar refractivity (Wildman–Crippen MR) is 116 cm³/mol. The molecule has 0 saturated carbocycles. The Kier molecular flexibility index (Phi) is 4.88. The number of amides is 1. The molecule has 4 rings (SSSR count). The lowest BCUT2D eigenvalue weighted by atomic mass is 10.1. The lowest BCUT2D eigenvalue weighted by molar-refractivity contribution is 0.0944. The monoisotopic (exact) mass is 390 g/mol. The summed E-state index contributed by atoms with van der Waals surface area (Å²) in [6.07, 6.45) is 0. The van der Waals surface area contributed by atoms with Crippen molar-refractivity contribution in [2.24, 2.45) is 0 Å². The number of benzene rings is 2. The predicted octanol–water partition coefficient (Wildman–Crippen LogP) is 4.64. The smallest absolute Gasteiger partial charge is 0.261 e. The van der Waals surface area contributed by atoms with Gasteiger partial charge in [-0.05, 0) is 30.7 Å². The summed E-state index contributed by atoms with van der Waals surface area (Å²) in [7, 11) is 3.95. The summed E-state index contributed by atoms with van der Waals surface area (Å²) in [6, 6.07) is 21.9. The van der Waals surface area contributed by atoms with Crippen LogP contribution in [0.5, 0.6) is 0 Å². The quantitative estimate of drug-likeness (QED) is 0.540. The van der Waals surface area contributed by atoms with Gasteiger partial charge in [0.2, 0.25) is 5.95 Å². The molecule has 4 aromatic rings. The van der Waals surface area contributed by atoms with E-state index in [0.717, 1.165) is 27.5 Å². The summed E-state index contributed by atoms with van der Waals surface area (Å²) in [4.78, 5) is 21.2. The van der Waals surface area contributed by atoms with Crippen LogP contribution in [0.2, 0.25) is 0 Å². The molecule has 2 heterocycles. The summed E-state index contributed by atoms with van der Waals surface area (Å²) in [6.45, 7) is 1.99. The van der Waals surface area contributed by atoms with E-state index >= 15 is 0 Å². The maximum absolute atomic E-state index is 12.8. The molecule has 1 unspecified atom stereocenters. The molecule has 0 aliphatic rings. The summed E-state index contributed by atoms with van der Waals surface area (Å²) < 4.78 is 2.09. The number of rotatable bonds is 5. The van der Waals surface area contributed by atoms with Crippen molar-refractivity contribution in [3.8, 4) is 5.69 Å². The van der Waals surface area contributed by atoms with E-state index in [1.54, 1.807) is 0 Å². The third-order valence-corrected chi connectivity index (χ3v) is 5.71. The molecule has 0 aliphatic carbocycles. The first-order valence-electron chi connectivity index (χ1n) is 9.15. The first-order chi connectivity index (χ1) is 13.5. The fourth-order valence-corrected chi connectivity index (χ4v) is 4.19. The molecule has 5 nitrogen and oxygen atoms in total. The van der Waals surface area contributed by atoms with Crippen molar-refractivity contribution in [1.82, 2.24) is 14.9 Å². The lowest BCUT2D eigenvalue weighted by Crippen LogP contribution is -2.25. The number of anilines is 1. The van der Waals surface area contributed by atoms with E-state index in [-0.39, 0.29) is 11.9 Å². The van der Waals surface area contributed by atoms with Crippen LogP contribution < -0.4 is 10.2 Å². The molecule has 0 fully saturated rings. The lowest BCUT2D eigenvalue weighted by Gasteiger charge is -2.15. The SMILES string of the molecule is CC(NC(=O)c1cc2nc(N(C)C)n(-c3ccccc3)c2s1)c1ccccc1. The van der Waals surface area contributed by atoms with Crippen LogP contribution >= 0.6 is 11.3 Å². The molecule has 0 radical (unpaired) electrons. The number of nitrogens with one attached hydrogen (secondary N) is 1. The maximum atomic E-state index is 12.8. The van der Waals surface area contributed by atoms with E-state index in [0.29, 0.717) is 4.88 Å². The fourth-order valence-electron chi connectivity index (χ4n) is 3.18. The average molecular weight is 391 g/mol. The minimum atomic E-state index is -0.0784. The van der Waals surface area contributed by atoms with E-state index in [1.165, 1.54) is 11.3 Å². The van der Waals surface area contributed by atoms with E-state index in [9.17, 15) is 4.79 Å². The average Bonchev–Trinajstić information content (AvgIpc) is 3.27. The Morgan fingerprint density at radius 1 is 1.07 bits per heavy atom. The van der Waals surface area contributed by atoms with Gasteiger partial charge in [-0.25, -0.2) is 4.98 Å². The van der Waals surface area contributed by atoms with Gasteiger partial charge in [-0.3, -0.25) is 9.36 Å². The van der Waals surface area contributed by atoms with Crippen LogP contribution in [0, 0.1) is 0 Å². The van der Waals surface area contributed by atoms with Gasteiger partial charge in [0.1, 0.15) is 10.3 Å². The molecule has 142 valence electrons. The number of carbonyl (C=O) groups excluding carboxylic acids is 1. The van der Waals surface area contributed by atoms with E-state index < -0.39 is 0 Å². The number of carbonyl (C=O) groups is 1. The highest BCUT2D eigenvalue weighted by Crippen LogP contribution is 2.32. The molecular formula is C22H22N4OS. The van der Waals surface area contributed by atoms with Crippen molar-refractivity contribution in [1.29, 1.82) is 0 Å². The largest absolute Gasteiger partial charge is 0.348 e. The van der Waals surface area contributed by atoms with Crippen LogP contribution in [0.25, 0.3) is 16.0 Å². The number of aromatic nitrogens is 2. The molecule has 6 heteroatoms. The van der Waals surface area contributed by atoms with Gasteiger partial charge in [-0.1, -0.05) is 48.5 Å². The van der Waals surface area contributed by atoms with Crippen LogP contribution in [0.15, 0.2) is 66.7 Å². The Morgan fingerprint density at radius 2 is 1.71 bits per heavy atom. The number of hydrogen-bond donors (Lipinski definition) is 1. The second-order valence-electron chi connectivity index (χ2n) is 6.88. The van der Waals surface area contributed by atoms with Crippen molar-refractivity contribution in [2.75, 3.05) is 19.0 Å². The standard InChI is InChI=1S/C22H22N4OS/c1-15(16-10-6-4-7-11-16)23-20(27)19-14-18-21(28-19)26(22(24-18)25(2)3)17-12-8-5-9-13-17/h4-15H,1-3H3,(H,23,27). The molecule has 1 N–H and O–H groups in total. The van der Waals surface area contributed by atoms with Gasteiger partial charge in [0.05, 0.1) is 10.9 Å².